The lowest BCUT2D eigenvalue weighted by Gasteiger charge is -2.12. The summed E-state index contributed by atoms with van der Waals surface area (Å²) in [5, 5.41) is 0. The monoisotopic (exact) mass is 185 g/mol. The molecule has 0 aromatic rings. The molecule has 3 heteroatoms. The topological polar surface area (TPSA) is 52.3 Å². The fourth-order valence-electron chi connectivity index (χ4n) is 0.935. The van der Waals surface area contributed by atoms with Gasteiger partial charge in [-0.25, -0.2) is 0 Å². The third-order valence-electron chi connectivity index (χ3n) is 1.78. The largest absolute Gasteiger partial charge is 0.378 e. The van der Waals surface area contributed by atoms with Gasteiger partial charge in [0.15, 0.2) is 0 Å². The summed E-state index contributed by atoms with van der Waals surface area (Å²) in [6, 6.07) is 0. The molecule has 0 aromatic carbocycles. The van der Waals surface area contributed by atoms with Crippen molar-refractivity contribution >= 4 is 5.91 Å². The van der Waals surface area contributed by atoms with Crippen molar-refractivity contribution < 1.29 is 9.53 Å². The third-order valence-corrected chi connectivity index (χ3v) is 1.78. The van der Waals surface area contributed by atoms with Crippen LogP contribution >= 0.6 is 0 Å². The van der Waals surface area contributed by atoms with E-state index in [4.69, 9.17) is 10.5 Å². The Morgan fingerprint density at radius 1 is 1.62 bits per heavy atom. The zero-order valence-corrected chi connectivity index (χ0v) is 8.51. The summed E-state index contributed by atoms with van der Waals surface area (Å²) >= 11 is 0. The van der Waals surface area contributed by atoms with Crippen LogP contribution in [0.1, 0.15) is 33.1 Å². The van der Waals surface area contributed by atoms with Crippen LogP contribution in [0.15, 0.2) is 12.2 Å². The normalized spacial score (nSPS) is 12.5. The predicted molar refractivity (Wildman–Crippen MR) is 53.3 cm³/mol. The van der Waals surface area contributed by atoms with Crippen LogP contribution < -0.4 is 5.73 Å². The Morgan fingerprint density at radius 2 is 2.23 bits per heavy atom. The van der Waals surface area contributed by atoms with Crippen molar-refractivity contribution in [1.29, 1.82) is 0 Å². The molecule has 0 aromatic heterocycles. The number of rotatable bonds is 7. The first-order valence-corrected chi connectivity index (χ1v) is 4.67. The lowest BCUT2D eigenvalue weighted by atomic mass is 10.1. The zero-order valence-electron chi connectivity index (χ0n) is 8.51. The Bertz CT molecular complexity index is 178. The van der Waals surface area contributed by atoms with Gasteiger partial charge in [0.25, 0.3) is 0 Å². The molecular formula is C10H19NO2. The molecule has 0 saturated carbocycles. The van der Waals surface area contributed by atoms with E-state index >= 15 is 0 Å². The molecule has 1 atom stereocenters. The summed E-state index contributed by atoms with van der Waals surface area (Å²) in [4.78, 5) is 10.6. The molecule has 2 N–H and O–H groups in total. The number of hydrogen-bond acceptors (Lipinski definition) is 2. The maximum Gasteiger partial charge on any atom is 0.244 e. The highest BCUT2D eigenvalue weighted by atomic mass is 16.5. The summed E-state index contributed by atoms with van der Waals surface area (Å²) in [6.45, 7) is 8.34. The summed E-state index contributed by atoms with van der Waals surface area (Å²) in [5.74, 6) is -0.439. The van der Waals surface area contributed by atoms with Gasteiger partial charge in [-0.1, -0.05) is 19.9 Å². The summed E-state index contributed by atoms with van der Waals surface area (Å²) in [5.41, 5.74) is 5.48. The number of carbonyl (C=O) groups is 1. The highest BCUT2D eigenvalue weighted by Crippen LogP contribution is 2.06. The van der Waals surface area contributed by atoms with Gasteiger partial charge in [-0.2, -0.15) is 0 Å². The van der Waals surface area contributed by atoms with Gasteiger partial charge in [0.05, 0.1) is 6.10 Å². The SMILES string of the molecule is C=C(CC(C)OCCCC)C(N)=O. The van der Waals surface area contributed by atoms with Crippen molar-refractivity contribution in [2.24, 2.45) is 5.73 Å². The van der Waals surface area contributed by atoms with Crippen LogP contribution in [0.4, 0.5) is 0 Å². The molecule has 3 nitrogen and oxygen atoms in total. The van der Waals surface area contributed by atoms with Crippen LogP contribution in [0, 0.1) is 0 Å². The molecule has 0 fully saturated rings. The standard InChI is InChI=1S/C10H19NO2/c1-4-5-6-13-9(3)7-8(2)10(11)12/h9H,2,4-7H2,1,3H3,(H2,11,12). The quantitative estimate of drug-likeness (QED) is 0.484. The second kappa shape index (κ2) is 6.66. The van der Waals surface area contributed by atoms with E-state index in [-0.39, 0.29) is 6.10 Å². The van der Waals surface area contributed by atoms with E-state index < -0.39 is 5.91 Å². The fraction of sp³-hybridized carbons (Fsp3) is 0.700. The minimum absolute atomic E-state index is 0.0338. The molecule has 0 rings (SSSR count). The number of amides is 1. The number of carbonyl (C=O) groups excluding carboxylic acids is 1. The zero-order chi connectivity index (χ0) is 10.3. The smallest absolute Gasteiger partial charge is 0.244 e. The molecule has 0 aliphatic heterocycles. The van der Waals surface area contributed by atoms with E-state index in [2.05, 4.69) is 13.5 Å². The van der Waals surface area contributed by atoms with Crippen molar-refractivity contribution in [3.63, 3.8) is 0 Å². The van der Waals surface area contributed by atoms with E-state index in [9.17, 15) is 4.79 Å². The van der Waals surface area contributed by atoms with Gasteiger partial charge in [-0.05, 0) is 13.3 Å². The molecule has 0 aliphatic rings. The van der Waals surface area contributed by atoms with Crippen LogP contribution in [-0.4, -0.2) is 18.6 Å². The van der Waals surface area contributed by atoms with E-state index in [0.29, 0.717) is 12.0 Å². The number of ether oxygens (including phenoxy) is 1. The Kier molecular flexibility index (Phi) is 6.24. The second-order valence-corrected chi connectivity index (χ2v) is 3.21. The van der Waals surface area contributed by atoms with Crippen LogP contribution in [0.3, 0.4) is 0 Å². The van der Waals surface area contributed by atoms with Crippen LogP contribution in [0.2, 0.25) is 0 Å². The summed E-state index contributed by atoms with van der Waals surface area (Å²) in [7, 11) is 0. The molecule has 1 unspecified atom stereocenters. The number of hydrogen-bond donors (Lipinski definition) is 1. The second-order valence-electron chi connectivity index (χ2n) is 3.21. The van der Waals surface area contributed by atoms with Crippen molar-refractivity contribution in [1.82, 2.24) is 0 Å². The maximum absolute atomic E-state index is 10.6. The van der Waals surface area contributed by atoms with Crippen molar-refractivity contribution in [2.45, 2.75) is 39.2 Å². The van der Waals surface area contributed by atoms with E-state index in [1.165, 1.54) is 0 Å². The summed E-state index contributed by atoms with van der Waals surface area (Å²) < 4.78 is 5.43. The number of primary amides is 1. The molecule has 0 spiro atoms. The minimum atomic E-state index is -0.439. The molecular weight excluding hydrogens is 166 g/mol. The van der Waals surface area contributed by atoms with Crippen LogP contribution in [-0.2, 0) is 9.53 Å². The van der Waals surface area contributed by atoms with Crippen molar-refractivity contribution in [2.75, 3.05) is 6.61 Å². The highest BCUT2D eigenvalue weighted by molar-refractivity contribution is 5.91. The van der Waals surface area contributed by atoms with E-state index in [0.717, 1.165) is 19.4 Å². The lowest BCUT2D eigenvalue weighted by molar-refractivity contribution is -0.115. The van der Waals surface area contributed by atoms with Gasteiger partial charge in [-0.3, -0.25) is 4.79 Å². The fourth-order valence-corrected chi connectivity index (χ4v) is 0.935. The molecule has 0 heterocycles. The van der Waals surface area contributed by atoms with E-state index in [1.807, 2.05) is 6.92 Å². The van der Waals surface area contributed by atoms with Gasteiger partial charge in [0.1, 0.15) is 0 Å². The summed E-state index contributed by atoms with van der Waals surface area (Å²) in [6.07, 6.45) is 2.72. The molecule has 1 amide bonds. The van der Waals surface area contributed by atoms with Crippen LogP contribution in [0.25, 0.3) is 0 Å². The van der Waals surface area contributed by atoms with Crippen molar-refractivity contribution in [3.8, 4) is 0 Å². The van der Waals surface area contributed by atoms with E-state index in [1.54, 1.807) is 0 Å². The first kappa shape index (κ1) is 12.2. The first-order chi connectivity index (χ1) is 6.07. The Labute approximate surface area is 79.9 Å². The Balaban J connectivity index is 3.55. The first-order valence-electron chi connectivity index (χ1n) is 4.67. The van der Waals surface area contributed by atoms with Crippen LogP contribution in [0.5, 0.6) is 0 Å². The number of nitrogens with two attached hydrogens (primary N) is 1. The van der Waals surface area contributed by atoms with Gasteiger partial charge in [-0.15, -0.1) is 0 Å². The minimum Gasteiger partial charge on any atom is -0.378 e. The average molecular weight is 185 g/mol. The molecule has 0 bridgehead atoms. The van der Waals surface area contributed by atoms with Gasteiger partial charge in [0, 0.05) is 18.6 Å². The molecule has 13 heavy (non-hydrogen) atoms. The van der Waals surface area contributed by atoms with Gasteiger partial charge < -0.3 is 10.5 Å². The van der Waals surface area contributed by atoms with Crippen molar-refractivity contribution in [3.05, 3.63) is 12.2 Å². The Morgan fingerprint density at radius 3 is 2.69 bits per heavy atom. The Hall–Kier alpha value is -0.830. The lowest BCUT2D eigenvalue weighted by Crippen LogP contribution is -2.18. The molecule has 0 saturated heterocycles. The van der Waals surface area contributed by atoms with Gasteiger partial charge in [0.2, 0.25) is 5.91 Å². The molecule has 76 valence electrons. The molecule has 0 radical (unpaired) electrons. The predicted octanol–water partition coefficient (Wildman–Crippen LogP) is 1.62. The third kappa shape index (κ3) is 6.34. The molecule has 0 aliphatic carbocycles. The highest BCUT2D eigenvalue weighted by Gasteiger charge is 2.07. The van der Waals surface area contributed by atoms with Gasteiger partial charge >= 0.3 is 0 Å². The average Bonchev–Trinajstić information content (AvgIpc) is 2.04. The maximum atomic E-state index is 10.6. The number of unbranched alkanes of at least 4 members (excludes halogenated alkanes) is 1.